The first-order chi connectivity index (χ1) is 32.3. The van der Waals surface area contributed by atoms with Crippen LogP contribution in [-0.4, -0.2) is 16.2 Å². The van der Waals surface area contributed by atoms with E-state index in [0.29, 0.717) is 6.67 Å². The maximum absolute atomic E-state index is 7.03. The molecule has 1 aliphatic heterocycles. The van der Waals surface area contributed by atoms with E-state index in [0.717, 1.165) is 50.6 Å². The Labute approximate surface area is 412 Å². The molecule has 0 saturated heterocycles. The Morgan fingerprint density at radius 2 is 1.07 bits per heavy atom. The highest BCUT2D eigenvalue weighted by atomic mass is 16.5. The minimum Gasteiger partial charge on any atom is -0.457 e. The van der Waals surface area contributed by atoms with E-state index in [1.807, 2.05) is 6.20 Å². The summed E-state index contributed by atoms with van der Waals surface area (Å²) in [5.74, 6) is 2.41. The van der Waals surface area contributed by atoms with Crippen molar-refractivity contribution in [1.82, 2.24) is 9.55 Å². The van der Waals surface area contributed by atoms with Gasteiger partial charge in [0.25, 0.3) is 0 Å². The molecular formula is C64H72N4O. The van der Waals surface area contributed by atoms with Gasteiger partial charge in [0.1, 0.15) is 17.3 Å². The van der Waals surface area contributed by atoms with Crippen molar-refractivity contribution in [2.24, 2.45) is 0 Å². The zero-order valence-electron chi connectivity index (χ0n) is 43.8. The van der Waals surface area contributed by atoms with Crippen molar-refractivity contribution in [3.05, 3.63) is 180 Å². The molecule has 1 aliphatic rings. The summed E-state index contributed by atoms with van der Waals surface area (Å²) in [6.45, 7) is 35.4. The molecule has 0 fully saturated rings. The van der Waals surface area contributed by atoms with Gasteiger partial charge in [-0.1, -0.05) is 171 Å². The van der Waals surface area contributed by atoms with E-state index >= 15 is 0 Å². The summed E-state index contributed by atoms with van der Waals surface area (Å²) >= 11 is 0. The third-order valence-corrected chi connectivity index (χ3v) is 13.8. The monoisotopic (exact) mass is 913 g/mol. The van der Waals surface area contributed by atoms with Gasteiger partial charge in [0.2, 0.25) is 0 Å². The lowest BCUT2D eigenvalue weighted by Gasteiger charge is -2.34. The van der Waals surface area contributed by atoms with Crippen LogP contribution in [0.15, 0.2) is 152 Å². The number of nitrogens with zero attached hydrogens (tertiary/aromatic N) is 4. The zero-order valence-corrected chi connectivity index (χ0v) is 43.8. The lowest BCUT2D eigenvalue weighted by molar-refractivity contribution is 0.483. The predicted molar refractivity (Wildman–Crippen MR) is 295 cm³/mol. The molecule has 0 amide bonds. The fourth-order valence-electron chi connectivity index (χ4n) is 9.89. The highest BCUT2D eigenvalue weighted by Gasteiger charge is 2.31. The summed E-state index contributed by atoms with van der Waals surface area (Å²) in [6, 6.07) is 48.9. The number of hydrogen-bond donors (Lipinski definition) is 0. The van der Waals surface area contributed by atoms with Crippen LogP contribution in [0.2, 0.25) is 0 Å². The molecule has 6 aromatic carbocycles. The smallest absolute Gasteiger partial charge is 0.138 e. The third kappa shape index (κ3) is 9.45. The second kappa shape index (κ2) is 17.1. The van der Waals surface area contributed by atoms with Gasteiger partial charge in [-0.05, 0) is 132 Å². The quantitative estimate of drug-likeness (QED) is 0.160. The second-order valence-corrected chi connectivity index (χ2v) is 24.4. The minimum atomic E-state index is -0.0950. The maximum Gasteiger partial charge on any atom is 0.138 e. The van der Waals surface area contributed by atoms with E-state index in [4.69, 9.17) is 9.72 Å². The first-order valence-electron chi connectivity index (χ1n) is 24.8. The van der Waals surface area contributed by atoms with Gasteiger partial charge in [0.05, 0.1) is 17.7 Å². The molecule has 354 valence electrons. The van der Waals surface area contributed by atoms with Gasteiger partial charge in [-0.25, -0.2) is 4.98 Å². The topological polar surface area (TPSA) is 33.5 Å². The molecule has 0 radical (unpaired) electrons. The SMILES string of the molecule is CC(C)(C)c1cc(C(C)(C)C)c(-c2ccnc(-n3c4ccc(C(C)(C)C)cc4c4ccc(Oc5cc(-c6ccccc6)cc(N6C=CN(c7ccccc7C(C)(C)C)C6)c5)cc43)c2)c(C(C)(C)C)c1. The summed E-state index contributed by atoms with van der Waals surface area (Å²) in [4.78, 5) is 9.83. The molecule has 0 aliphatic carbocycles. The normalized spacial score (nSPS) is 13.8. The van der Waals surface area contributed by atoms with E-state index < -0.39 is 0 Å². The number of pyridine rings is 1. The fraction of sp³-hybridized carbons (Fsp3) is 0.328. The van der Waals surface area contributed by atoms with Gasteiger partial charge in [-0.3, -0.25) is 4.57 Å². The highest BCUT2D eigenvalue weighted by Crippen LogP contribution is 2.45. The van der Waals surface area contributed by atoms with Gasteiger partial charge >= 0.3 is 0 Å². The molecule has 0 unspecified atom stereocenters. The molecule has 0 spiro atoms. The molecule has 69 heavy (non-hydrogen) atoms. The lowest BCUT2D eigenvalue weighted by Crippen LogP contribution is -2.27. The van der Waals surface area contributed by atoms with Crippen LogP contribution < -0.4 is 14.5 Å². The summed E-state index contributed by atoms with van der Waals surface area (Å²) < 4.78 is 9.37. The molecule has 0 bridgehead atoms. The highest BCUT2D eigenvalue weighted by molar-refractivity contribution is 6.10. The van der Waals surface area contributed by atoms with Gasteiger partial charge < -0.3 is 14.5 Å². The number of ether oxygens (including phenoxy) is 1. The van der Waals surface area contributed by atoms with E-state index in [-0.39, 0.29) is 27.1 Å². The largest absolute Gasteiger partial charge is 0.457 e. The summed E-state index contributed by atoms with van der Waals surface area (Å²) in [5.41, 5.74) is 15.6. The van der Waals surface area contributed by atoms with Crippen LogP contribution in [0.25, 0.3) is 49.9 Å². The van der Waals surface area contributed by atoms with Crippen LogP contribution in [0.1, 0.15) is 132 Å². The maximum atomic E-state index is 7.03. The zero-order chi connectivity index (χ0) is 49.4. The summed E-state index contributed by atoms with van der Waals surface area (Å²) in [7, 11) is 0. The average molecular weight is 913 g/mol. The molecule has 5 nitrogen and oxygen atoms in total. The van der Waals surface area contributed by atoms with Crippen LogP contribution in [0.4, 0.5) is 11.4 Å². The number of benzene rings is 6. The number of hydrogen-bond acceptors (Lipinski definition) is 4. The van der Waals surface area contributed by atoms with E-state index in [1.54, 1.807) is 0 Å². The van der Waals surface area contributed by atoms with Crippen molar-refractivity contribution < 1.29 is 4.74 Å². The van der Waals surface area contributed by atoms with Crippen LogP contribution in [0.5, 0.6) is 11.5 Å². The first kappa shape index (κ1) is 47.5. The second-order valence-electron chi connectivity index (χ2n) is 24.4. The van der Waals surface area contributed by atoms with E-state index in [1.165, 1.54) is 50.0 Å². The van der Waals surface area contributed by atoms with Crippen LogP contribution in [0, 0.1) is 0 Å². The van der Waals surface area contributed by atoms with Gasteiger partial charge in [0, 0.05) is 52.9 Å². The minimum absolute atomic E-state index is 0.00625. The molecule has 5 heteroatoms. The Kier molecular flexibility index (Phi) is 11.8. The van der Waals surface area contributed by atoms with Crippen LogP contribution in [0.3, 0.4) is 0 Å². The number of para-hydroxylation sites is 1. The average Bonchev–Trinajstić information content (AvgIpc) is 3.91. The van der Waals surface area contributed by atoms with Crippen LogP contribution in [-0.2, 0) is 27.1 Å². The number of aromatic nitrogens is 2. The number of fused-ring (bicyclic) bond motifs is 3. The van der Waals surface area contributed by atoms with Gasteiger partial charge in [-0.15, -0.1) is 0 Å². The van der Waals surface area contributed by atoms with Crippen molar-refractivity contribution in [3.63, 3.8) is 0 Å². The van der Waals surface area contributed by atoms with Crippen molar-refractivity contribution in [2.75, 3.05) is 16.5 Å². The fourth-order valence-corrected chi connectivity index (χ4v) is 9.89. The standard InChI is InChI=1S/C64H72N4O/c1-60(2,3)45-25-28-55-51(36-45)50-27-26-48(40-57(50)68(55)58-35-43(29-30-65-58)59-53(63(10,11)12)37-46(61(4,5)6)38-54(59)64(13,14)15)69-49-34-44(42-21-17-16-18-22-42)33-47(39-49)66-31-32-67(41-66)56-24-20-19-23-52(56)62(7,8)9/h16-40H,41H2,1-15H3. The van der Waals surface area contributed by atoms with Gasteiger partial charge in [0.15, 0.2) is 0 Å². The van der Waals surface area contributed by atoms with Gasteiger partial charge in [-0.2, -0.15) is 0 Å². The predicted octanol–water partition coefficient (Wildman–Crippen LogP) is 17.5. The third-order valence-electron chi connectivity index (χ3n) is 13.8. The molecule has 0 N–H and O–H groups in total. The number of anilines is 2. The Balaban J connectivity index is 1.18. The Hall–Kier alpha value is -6.59. The van der Waals surface area contributed by atoms with Crippen molar-refractivity contribution in [2.45, 2.75) is 131 Å². The molecular weight excluding hydrogens is 841 g/mol. The molecule has 0 atom stereocenters. The first-order valence-corrected chi connectivity index (χ1v) is 24.8. The molecule has 0 saturated carbocycles. The molecule has 8 aromatic rings. The lowest BCUT2D eigenvalue weighted by atomic mass is 9.71. The van der Waals surface area contributed by atoms with Crippen molar-refractivity contribution >= 4 is 33.2 Å². The summed E-state index contributed by atoms with van der Waals surface area (Å²) in [6.07, 6.45) is 6.36. The number of rotatable bonds is 7. The van der Waals surface area contributed by atoms with E-state index in [2.05, 4.69) is 264 Å². The van der Waals surface area contributed by atoms with Crippen molar-refractivity contribution in [1.29, 1.82) is 0 Å². The summed E-state index contributed by atoms with van der Waals surface area (Å²) in [5, 5.41) is 2.36. The van der Waals surface area contributed by atoms with Crippen LogP contribution >= 0.6 is 0 Å². The van der Waals surface area contributed by atoms with Crippen molar-refractivity contribution in [3.8, 4) is 39.6 Å². The molecule has 2 aromatic heterocycles. The molecule has 9 rings (SSSR count). The van der Waals surface area contributed by atoms with E-state index in [9.17, 15) is 0 Å². The Morgan fingerprint density at radius 1 is 0.435 bits per heavy atom. The Bertz CT molecular complexity index is 3210. The Morgan fingerprint density at radius 3 is 1.72 bits per heavy atom. The molecule has 3 heterocycles.